The maximum Gasteiger partial charge on any atom is 0 e. The molecule has 1 rings (SSSR count). The van der Waals surface area contributed by atoms with E-state index in [1.54, 1.807) is 7.11 Å². The molecule has 0 heterocycles. The Morgan fingerprint density at radius 1 is 1.11 bits per heavy atom. The number of ether oxygens (including phenoxy) is 1. The maximum atomic E-state index is 7.50. The van der Waals surface area contributed by atoms with Crippen LogP contribution in [-0.2, 0) is 37.7 Å². The third-order valence-electron chi connectivity index (χ3n) is 1.56. The Bertz CT molecular complexity index is 341. The second-order valence-corrected chi connectivity index (χ2v) is 2.30. The molecule has 94 valence electrons. The zero-order valence-corrected chi connectivity index (χ0v) is 11.1. The summed E-state index contributed by atoms with van der Waals surface area (Å²) in [5.41, 5.74) is 1.19. The van der Waals surface area contributed by atoms with Crippen molar-refractivity contribution in [1.29, 1.82) is 0 Å². The molecule has 0 N–H and O–H groups in total. The van der Waals surface area contributed by atoms with Gasteiger partial charge in [0, 0.05) is 17.4 Å². The molecule has 0 unspecified atom stereocenters. The van der Waals surface area contributed by atoms with Crippen LogP contribution >= 0.6 is 0 Å². The molecule has 0 bridgehead atoms. The van der Waals surface area contributed by atoms with Gasteiger partial charge in [-0.25, -0.2) is 0 Å². The molecule has 1 aromatic rings. The Hall–Kier alpha value is -1.49. The van der Waals surface area contributed by atoms with Gasteiger partial charge in [-0.3, -0.25) is 0 Å². The number of benzene rings is 1. The Morgan fingerprint density at radius 3 is 1.94 bits per heavy atom. The van der Waals surface area contributed by atoms with Crippen LogP contribution in [0.1, 0.15) is 5.56 Å². The van der Waals surface area contributed by atoms with Gasteiger partial charge < -0.3 is 4.74 Å². The van der Waals surface area contributed by atoms with Gasteiger partial charge in [-0.15, -0.1) is 6.58 Å². The molecule has 18 heavy (non-hydrogen) atoms. The molecule has 0 fully saturated rings. The second-order valence-electron chi connectivity index (χ2n) is 2.30. The molecule has 4 nitrogen and oxygen atoms in total. The monoisotopic (exact) mass is 284 g/mol. The van der Waals surface area contributed by atoms with E-state index in [-0.39, 0.29) is 17.4 Å². The number of para-hydroxylation sites is 1. The summed E-state index contributed by atoms with van der Waals surface area (Å²) >= 11 is 0. The molecule has 0 saturated heterocycles. The van der Waals surface area contributed by atoms with Crippen molar-refractivity contribution in [1.82, 2.24) is 0 Å². The predicted molar refractivity (Wildman–Crippen MR) is 58.7 cm³/mol. The van der Waals surface area contributed by atoms with E-state index in [2.05, 4.69) is 26.5 Å². The van der Waals surface area contributed by atoms with E-state index in [1.807, 2.05) is 30.3 Å². The summed E-state index contributed by atoms with van der Waals surface area (Å²) in [6.07, 6.45) is 2.74. The van der Waals surface area contributed by atoms with Crippen LogP contribution in [0.15, 0.2) is 36.9 Å². The summed E-state index contributed by atoms with van der Waals surface area (Å²) in [6, 6.07) is 7.96. The smallest absolute Gasteiger partial charge is 0 e. The van der Waals surface area contributed by atoms with E-state index < -0.39 is 0 Å². The number of hydrogen-bond donors (Lipinski definition) is 0. The van der Waals surface area contributed by atoms with Crippen LogP contribution in [0.25, 0.3) is 0 Å². The standard InChI is InChI=1S/C10H12O.3CO.Cr/c1-3-6-9-7-4-5-8-10(9)11-2;3*1-2;/h3-5,7-8H,1,6H2,2H3;;;;. The zero-order chi connectivity index (χ0) is 14.1. The van der Waals surface area contributed by atoms with Crippen molar-refractivity contribution in [3.8, 4) is 5.75 Å². The predicted octanol–water partition coefficient (Wildman–Crippen LogP) is 2.31. The first-order valence-electron chi connectivity index (χ1n) is 4.22. The molecule has 0 saturated carbocycles. The number of methoxy groups -OCH3 is 1. The van der Waals surface area contributed by atoms with Gasteiger partial charge in [-0.05, 0) is 18.1 Å². The van der Waals surface area contributed by atoms with Gasteiger partial charge in [0.15, 0.2) is 0 Å². The van der Waals surface area contributed by atoms with Gasteiger partial charge in [0.25, 0.3) is 0 Å². The summed E-state index contributed by atoms with van der Waals surface area (Å²) < 4.78 is 27.7. The molecule has 0 aliphatic rings. The summed E-state index contributed by atoms with van der Waals surface area (Å²) in [5.74, 6) is 0.937. The first kappa shape index (κ1) is 25.4. The zero-order valence-electron chi connectivity index (χ0n) is 9.84. The Kier molecular flexibility index (Phi) is 34.8. The summed E-state index contributed by atoms with van der Waals surface area (Å²) in [4.78, 5) is 0. The normalized spacial score (nSPS) is 5.94. The Labute approximate surface area is 118 Å². The van der Waals surface area contributed by atoms with E-state index >= 15 is 0 Å². The molecule has 0 atom stereocenters. The third kappa shape index (κ3) is 12.6. The van der Waals surface area contributed by atoms with Crippen molar-refractivity contribution < 1.29 is 36.1 Å². The summed E-state index contributed by atoms with van der Waals surface area (Å²) in [6.45, 7) is 17.2. The first-order valence-corrected chi connectivity index (χ1v) is 4.22. The van der Waals surface area contributed by atoms with Crippen LogP contribution in [0.5, 0.6) is 5.75 Å². The van der Waals surface area contributed by atoms with Gasteiger partial charge in [0.2, 0.25) is 0 Å². The molecule has 0 radical (unpaired) electrons. The molecular weight excluding hydrogens is 272 g/mol. The molecule has 0 aliphatic carbocycles. The Balaban J connectivity index is -0.000000123. The van der Waals surface area contributed by atoms with E-state index in [9.17, 15) is 0 Å². The van der Waals surface area contributed by atoms with Crippen LogP contribution in [0.4, 0.5) is 0 Å². The van der Waals surface area contributed by atoms with Crippen LogP contribution < -0.4 is 4.74 Å². The van der Waals surface area contributed by atoms with Crippen LogP contribution in [0.2, 0.25) is 0 Å². The molecule has 0 spiro atoms. The number of hydrogen-bond acceptors (Lipinski definition) is 1. The van der Waals surface area contributed by atoms with Gasteiger partial charge >= 0.3 is 33.9 Å². The largest absolute Gasteiger partial charge is 0 e. The van der Waals surface area contributed by atoms with Crippen molar-refractivity contribution in [2.45, 2.75) is 6.42 Å². The quantitative estimate of drug-likeness (QED) is 0.477. The van der Waals surface area contributed by atoms with E-state index in [1.165, 1.54) is 5.56 Å². The molecule has 0 amide bonds. The second kappa shape index (κ2) is 24.7. The van der Waals surface area contributed by atoms with E-state index in [4.69, 9.17) is 18.7 Å². The van der Waals surface area contributed by atoms with Crippen molar-refractivity contribution in [2.24, 2.45) is 0 Å². The van der Waals surface area contributed by atoms with Crippen LogP contribution in [-0.4, -0.2) is 7.11 Å². The van der Waals surface area contributed by atoms with Gasteiger partial charge in [-0.2, -0.15) is 0 Å². The minimum Gasteiger partial charge on any atom is 0 e. The SMILES string of the molecule is C=CCc1ccccc1OC.[C-]#[O+].[C-]#[O+].[C-]#[O+].[Cr]. The fourth-order valence-corrected chi connectivity index (χ4v) is 1.03. The Morgan fingerprint density at radius 2 is 1.56 bits per heavy atom. The first-order chi connectivity index (χ1) is 8.38. The van der Waals surface area contributed by atoms with Gasteiger partial charge in [0.1, 0.15) is 5.75 Å². The molecule has 1 aromatic carbocycles. The minimum absolute atomic E-state index is 0. The van der Waals surface area contributed by atoms with Crippen LogP contribution in [0.3, 0.4) is 0 Å². The van der Waals surface area contributed by atoms with E-state index in [0.717, 1.165) is 12.2 Å². The average Bonchev–Trinajstić information content (AvgIpc) is 2.46. The van der Waals surface area contributed by atoms with Crippen molar-refractivity contribution in [3.05, 3.63) is 62.4 Å². The molecule has 5 heteroatoms. The molecule has 0 aromatic heterocycles. The maximum absolute atomic E-state index is 7.50. The van der Waals surface area contributed by atoms with Crippen molar-refractivity contribution >= 4 is 0 Å². The summed E-state index contributed by atoms with van der Waals surface area (Å²) in [5, 5.41) is 0. The number of allylic oxidation sites excluding steroid dienone is 1. The fraction of sp³-hybridized carbons (Fsp3) is 0.154. The summed E-state index contributed by atoms with van der Waals surface area (Å²) in [7, 11) is 1.68. The third-order valence-corrected chi connectivity index (χ3v) is 1.56. The average molecular weight is 284 g/mol. The van der Waals surface area contributed by atoms with Crippen molar-refractivity contribution in [3.63, 3.8) is 0 Å². The van der Waals surface area contributed by atoms with Crippen LogP contribution in [0, 0.1) is 20.0 Å². The number of rotatable bonds is 3. The van der Waals surface area contributed by atoms with Gasteiger partial charge in [0.05, 0.1) is 7.11 Å². The van der Waals surface area contributed by atoms with Crippen molar-refractivity contribution in [2.75, 3.05) is 7.11 Å². The van der Waals surface area contributed by atoms with E-state index in [0.29, 0.717) is 0 Å². The fourth-order valence-electron chi connectivity index (χ4n) is 1.03. The van der Waals surface area contributed by atoms with Gasteiger partial charge in [-0.1, -0.05) is 24.3 Å². The molecule has 0 aliphatic heterocycles. The topological polar surface area (TPSA) is 68.9 Å². The molecular formula is C13H12CrO4. The minimum atomic E-state index is 0.